The molecule has 0 aliphatic rings. The SMILES string of the molecule is Cc1cc(C)n(CCC(=O)N[C@H](c2ccc(Cl)cc2)c2cccnc2)n1. The van der Waals surface area contributed by atoms with E-state index in [1.54, 1.807) is 12.4 Å². The fourth-order valence-electron chi connectivity index (χ4n) is 2.90. The fraction of sp³-hybridized carbons (Fsp3) is 0.250. The van der Waals surface area contributed by atoms with E-state index in [1.807, 2.05) is 61.0 Å². The van der Waals surface area contributed by atoms with E-state index in [4.69, 9.17) is 11.6 Å². The first-order chi connectivity index (χ1) is 12.5. The Balaban J connectivity index is 1.74. The third-order valence-electron chi connectivity index (χ3n) is 4.18. The first-order valence-electron chi connectivity index (χ1n) is 8.49. The zero-order valence-electron chi connectivity index (χ0n) is 14.8. The summed E-state index contributed by atoms with van der Waals surface area (Å²) < 4.78 is 1.86. The minimum Gasteiger partial charge on any atom is -0.345 e. The van der Waals surface area contributed by atoms with Crippen LogP contribution in [0.2, 0.25) is 5.02 Å². The third-order valence-corrected chi connectivity index (χ3v) is 4.43. The van der Waals surface area contributed by atoms with Crippen molar-refractivity contribution in [3.63, 3.8) is 0 Å². The molecule has 1 atom stereocenters. The number of carbonyl (C=O) groups is 1. The maximum absolute atomic E-state index is 12.6. The first-order valence-corrected chi connectivity index (χ1v) is 8.86. The summed E-state index contributed by atoms with van der Waals surface area (Å²) >= 11 is 5.99. The Morgan fingerprint density at radius 3 is 2.58 bits per heavy atom. The van der Waals surface area contributed by atoms with Gasteiger partial charge in [-0.3, -0.25) is 14.5 Å². The van der Waals surface area contributed by atoms with Crippen LogP contribution < -0.4 is 5.32 Å². The lowest BCUT2D eigenvalue weighted by atomic mass is 10.00. The number of amides is 1. The van der Waals surface area contributed by atoms with E-state index in [1.165, 1.54) is 0 Å². The number of benzene rings is 1. The Labute approximate surface area is 158 Å². The van der Waals surface area contributed by atoms with E-state index >= 15 is 0 Å². The van der Waals surface area contributed by atoms with E-state index in [-0.39, 0.29) is 11.9 Å². The Hall–Kier alpha value is -2.66. The molecule has 0 radical (unpaired) electrons. The van der Waals surface area contributed by atoms with Crippen LogP contribution in [-0.4, -0.2) is 20.7 Å². The Morgan fingerprint density at radius 2 is 1.96 bits per heavy atom. The van der Waals surface area contributed by atoms with Crippen LogP contribution in [-0.2, 0) is 11.3 Å². The second-order valence-corrected chi connectivity index (χ2v) is 6.68. The molecule has 134 valence electrons. The molecule has 2 heterocycles. The second kappa shape index (κ2) is 8.15. The summed E-state index contributed by atoms with van der Waals surface area (Å²) in [6.45, 7) is 4.48. The van der Waals surface area contributed by atoms with Gasteiger partial charge in [-0.05, 0) is 49.2 Å². The van der Waals surface area contributed by atoms with Gasteiger partial charge in [-0.25, -0.2) is 0 Å². The molecular weight excluding hydrogens is 348 g/mol. The summed E-state index contributed by atoms with van der Waals surface area (Å²) in [5, 5.41) is 8.16. The number of rotatable bonds is 6. The number of nitrogens with one attached hydrogen (secondary N) is 1. The number of hydrogen-bond donors (Lipinski definition) is 1. The highest BCUT2D eigenvalue weighted by atomic mass is 35.5. The summed E-state index contributed by atoms with van der Waals surface area (Å²) in [5.74, 6) is -0.0404. The van der Waals surface area contributed by atoms with Gasteiger partial charge in [0.15, 0.2) is 0 Å². The summed E-state index contributed by atoms with van der Waals surface area (Å²) in [6, 6.07) is 13.0. The number of aryl methyl sites for hydroxylation is 3. The molecule has 1 amide bonds. The van der Waals surface area contributed by atoms with Crippen LogP contribution in [0.1, 0.15) is 35.0 Å². The number of halogens is 1. The van der Waals surface area contributed by atoms with Gasteiger partial charge in [0.05, 0.1) is 11.7 Å². The van der Waals surface area contributed by atoms with E-state index in [0.717, 1.165) is 22.5 Å². The second-order valence-electron chi connectivity index (χ2n) is 6.24. The van der Waals surface area contributed by atoms with Crippen molar-refractivity contribution < 1.29 is 4.79 Å². The fourth-order valence-corrected chi connectivity index (χ4v) is 3.03. The molecule has 0 bridgehead atoms. The maximum Gasteiger partial charge on any atom is 0.222 e. The highest BCUT2D eigenvalue weighted by Gasteiger charge is 2.17. The summed E-state index contributed by atoms with van der Waals surface area (Å²) in [6.07, 6.45) is 3.83. The minimum absolute atomic E-state index is 0.0404. The average Bonchev–Trinajstić information content (AvgIpc) is 2.97. The number of pyridine rings is 1. The van der Waals surface area contributed by atoms with Crippen molar-refractivity contribution in [3.05, 3.63) is 82.4 Å². The maximum atomic E-state index is 12.6. The smallest absolute Gasteiger partial charge is 0.222 e. The van der Waals surface area contributed by atoms with Crippen LogP contribution in [0.5, 0.6) is 0 Å². The largest absolute Gasteiger partial charge is 0.345 e. The predicted molar refractivity (Wildman–Crippen MR) is 102 cm³/mol. The highest BCUT2D eigenvalue weighted by molar-refractivity contribution is 6.30. The molecule has 2 aromatic heterocycles. The molecule has 0 spiro atoms. The molecule has 5 nitrogen and oxygen atoms in total. The van der Waals surface area contributed by atoms with Crippen molar-refractivity contribution in [1.29, 1.82) is 0 Å². The molecule has 0 aliphatic heterocycles. The Morgan fingerprint density at radius 1 is 1.19 bits per heavy atom. The van der Waals surface area contributed by atoms with E-state index < -0.39 is 0 Å². The lowest BCUT2D eigenvalue weighted by molar-refractivity contribution is -0.121. The van der Waals surface area contributed by atoms with Gasteiger partial charge in [0.2, 0.25) is 5.91 Å². The third kappa shape index (κ3) is 4.49. The van der Waals surface area contributed by atoms with Gasteiger partial charge in [0, 0.05) is 36.1 Å². The minimum atomic E-state index is -0.270. The van der Waals surface area contributed by atoms with Gasteiger partial charge < -0.3 is 5.32 Å². The van der Waals surface area contributed by atoms with Crippen LogP contribution in [0.15, 0.2) is 54.9 Å². The molecule has 0 saturated carbocycles. The molecule has 1 N–H and O–H groups in total. The van der Waals surface area contributed by atoms with Gasteiger partial charge in [-0.15, -0.1) is 0 Å². The van der Waals surface area contributed by atoms with Crippen LogP contribution in [0, 0.1) is 13.8 Å². The quantitative estimate of drug-likeness (QED) is 0.719. The molecule has 0 aliphatic carbocycles. The molecule has 6 heteroatoms. The normalized spacial score (nSPS) is 12.0. The summed E-state index contributed by atoms with van der Waals surface area (Å²) in [7, 11) is 0. The molecule has 0 unspecified atom stereocenters. The molecular formula is C20H21ClN4O. The zero-order chi connectivity index (χ0) is 18.5. The summed E-state index contributed by atoms with van der Waals surface area (Å²) in [5.41, 5.74) is 3.89. The van der Waals surface area contributed by atoms with Crippen molar-refractivity contribution in [2.24, 2.45) is 0 Å². The van der Waals surface area contributed by atoms with Crippen LogP contribution in [0.3, 0.4) is 0 Å². The molecule has 3 aromatic rings. The van der Waals surface area contributed by atoms with Crippen molar-refractivity contribution in [2.45, 2.75) is 32.9 Å². The van der Waals surface area contributed by atoms with Gasteiger partial charge in [0.1, 0.15) is 0 Å². The number of carbonyl (C=O) groups excluding carboxylic acids is 1. The van der Waals surface area contributed by atoms with E-state index in [0.29, 0.717) is 18.0 Å². The van der Waals surface area contributed by atoms with Crippen LogP contribution >= 0.6 is 11.6 Å². The topological polar surface area (TPSA) is 59.8 Å². The molecule has 0 fully saturated rings. The standard InChI is InChI=1S/C20H21ClN4O/c1-14-12-15(2)25(24-14)11-9-19(26)23-20(17-4-3-10-22-13-17)16-5-7-18(21)8-6-16/h3-8,10,12-13,20H,9,11H2,1-2H3,(H,23,26)/t20-/m1/s1. The number of aromatic nitrogens is 3. The van der Waals surface area contributed by atoms with Gasteiger partial charge in [-0.1, -0.05) is 29.8 Å². The van der Waals surface area contributed by atoms with Gasteiger partial charge in [-0.2, -0.15) is 5.10 Å². The van der Waals surface area contributed by atoms with Gasteiger partial charge >= 0.3 is 0 Å². The van der Waals surface area contributed by atoms with Crippen molar-refractivity contribution >= 4 is 17.5 Å². The lowest BCUT2D eigenvalue weighted by Gasteiger charge is -2.20. The number of nitrogens with zero attached hydrogens (tertiary/aromatic N) is 3. The van der Waals surface area contributed by atoms with Crippen LogP contribution in [0.25, 0.3) is 0 Å². The van der Waals surface area contributed by atoms with Crippen LogP contribution in [0.4, 0.5) is 0 Å². The Bertz CT molecular complexity index is 875. The van der Waals surface area contributed by atoms with Crippen molar-refractivity contribution in [2.75, 3.05) is 0 Å². The molecule has 1 aromatic carbocycles. The first kappa shape index (κ1) is 18.1. The van der Waals surface area contributed by atoms with Crippen molar-refractivity contribution in [3.8, 4) is 0 Å². The molecule has 3 rings (SSSR count). The Kier molecular flexibility index (Phi) is 5.68. The average molecular weight is 369 g/mol. The predicted octanol–water partition coefficient (Wildman–Crippen LogP) is 3.84. The zero-order valence-corrected chi connectivity index (χ0v) is 15.6. The number of hydrogen-bond acceptors (Lipinski definition) is 3. The van der Waals surface area contributed by atoms with E-state index in [2.05, 4.69) is 15.4 Å². The molecule has 26 heavy (non-hydrogen) atoms. The lowest BCUT2D eigenvalue weighted by Crippen LogP contribution is -2.30. The van der Waals surface area contributed by atoms with Crippen molar-refractivity contribution in [1.82, 2.24) is 20.1 Å². The summed E-state index contributed by atoms with van der Waals surface area (Å²) in [4.78, 5) is 16.7. The highest BCUT2D eigenvalue weighted by Crippen LogP contribution is 2.23. The van der Waals surface area contributed by atoms with E-state index in [9.17, 15) is 4.79 Å². The molecule has 0 saturated heterocycles. The monoisotopic (exact) mass is 368 g/mol. The van der Waals surface area contributed by atoms with Gasteiger partial charge in [0.25, 0.3) is 0 Å².